The van der Waals surface area contributed by atoms with Gasteiger partial charge in [-0.15, -0.1) is 6.58 Å². The minimum Gasteiger partial charge on any atom is -0.508 e. The van der Waals surface area contributed by atoms with Gasteiger partial charge in [-0.05, 0) is 56.2 Å². The first kappa shape index (κ1) is 16.2. The molecule has 0 bridgehead atoms. The fraction of sp³-hybridized carbons (Fsp3) is 0.467. The number of phenols is 1. The van der Waals surface area contributed by atoms with Crippen molar-refractivity contribution >= 4 is 17.4 Å². The third kappa shape index (κ3) is 6.23. The van der Waals surface area contributed by atoms with Gasteiger partial charge in [-0.3, -0.25) is 0 Å². The Kier molecular flexibility index (Phi) is 6.55. The number of aryl methyl sites for hydroxylation is 1. The van der Waals surface area contributed by atoms with Crippen LogP contribution in [0.2, 0.25) is 31.7 Å². The summed E-state index contributed by atoms with van der Waals surface area (Å²) in [5.41, 5.74) is 1.04. The molecule has 0 fully saturated rings. The predicted octanol–water partition coefficient (Wildman–Crippen LogP) is 4.35. The molecule has 1 aromatic carbocycles. The Morgan fingerprint density at radius 1 is 1.37 bits per heavy atom. The lowest BCUT2D eigenvalue weighted by Gasteiger charge is -2.26. The van der Waals surface area contributed by atoms with Gasteiger partial charge >= 0.3 is 0 Å². The maximum absolute atomic E-state index is 9.73. The maximum Gasteiger partial charge on any atom is 0.198 e. The van der Waals surface area contributed by atoms with E-state index < -0.39 is 17.4 Å². The zero-order valence-electron chi connectivity index (χ0n) is 12.3. The van der Waals surface area contributed by atoms with Crippen molar-refractivity contribution in [2.45, 2.75) is 44.6 Å². The van der Waals surface area contributed by atoms with Crippen LogP contribution in [0.5, 0.6) is 5.75 Å². The number of aromatic hydroxyl groups is 1. The summed E-state index contributed by atoms with van der Waals surface area (Å²) in [5, 5.41) is 9.73. The Morgan fingerprint density at radius 2 is 2.05 bits per heavy atom. The molecule has 2 nitrogen and oxygen atoms in total. The lowest BCUT2D eigenvalue weighted by atomic mass is 10.1. The Morgan fingerprint density at radius 3 is 2.68 bits per heavy atom. The third-order valence-electron chi connectivity index (χ3n) is 3.10. The number of benzene rings is 1. The van der Waals surface area contributed by atoms with Gasteiger partial charge in [0.2, 0.25) is 0 Å². The van der Waals surface area contributed by atoms with Crippen molar-refractivity contribution in [2.24, 2.45) is 0 Å². The van der Waals surface area contributed by atoms with E-state index in [1.54, 1.807) is 6.07 Å². The number of allylic oxidation sites excluding steroid dienone is 1. The van der Waals surface area contributed by atoms with Gasteiger partial charge in [-0.25, -0.2) is 0 Å². The highest BCUT2D eigenvalue weighted by Gasteiger charge is 2.24. The lowest BCUT2D eigenvalue weighted by Crippen LogP contribution is -2.36. The van der Waals surface area contributed by atoms with Gasteiger partial charge in [0.1, 0.15) is 5.75 Å². The first-order valence-electron chi connectivity index (χ1n) is 6.84. The zero-order chi connectivity index (χ0) is 14.3. The smallest absolute Gasteiger partial charge is 0.198 e. The zero-order valence-corrected chi connectivity index (χ0v) is 14.3. The summed E-state index contributed by atoms with van der Waals surface area (Å²) in [6.07, 6.45) is 3.97. The highest BCUT2D eigenvalue weighted by molar-refractivity contribution is 6.78. The fourth-order valence-electron chi connectivity index (χ4n) is 2.19. The van der Waals surface area contributed by atoms with E-state index in [0.717, 1.165) is 30.5 Å². The van der Waals surface area contributed by atoms with Gasteiger partial charge in [0, 0.05) is 0 Å². The van der Waals surface area contributed by atoms with Gasteiger partial charge < -0.3 is 9.22 Å². The van der Waals surface area contributed by atoms with Crippen molar-refractivity contribution in [3.8, 4) is 5.75 Å². The van der Waals surface area contributed by atoms with Crippen LogP contribution >= 0.6 is 0 Å². The molecule has 0 saturated carbocycles. The Labute approximate surface area is 120 Å². The Bertz CT molecular complexity index is 405. The molecule has 1 rings (SSSR count). The SMILES string of the molecule is C=CC[Si](C)O[Si](C)(C)CCCc1ccccc1O. The number of hydrogen-bond donors (Lipinski definition) is 1. The van der Waals surface area contributed by atoms with E-state index in [4.69, 9.17) is 4.12 Å². The third-order valence-corrected chi connectivity index (χ3v) is 9.12. The normalized spacial score (nSPS) is 11.8. The summed E-state index contributed by atoms with van der Waals surface area (Å²) in [6.45, 7) is 10.6. The van der Waals surface area contributed by atoms with Crippen molar-refractivity contribution in [1.29, 1.82) is 0 Å². The maximum atomic E-state index is 9.73. The largest absolute Gasteiger partial charge is 0.508 e. The summed E-state index contributed by atoms with van der Waals surface area (Å²) in [7, 11) is -2.26. The molecule has 1 aromatic rings. The van der Waals surface area contributed by atoms with Crippen LogP contribution in [0.1, 0.15) is 12.0 Å². The average molecular weight is 294 g/mol. The van der Waals surface area contributed by atoms with E-state index in [0.29, 0.717) is 5.75 Å². The second-order valence-corrected chi connectivity index (χ2v) is 12.2. The molecular formula is C15H25O2Si2. The molecule has 1 N–H and O–H groups in total. The first-order valence-corrected chi connectivity index (χ1v) is 12.1. The summed E-state index contributed by atoms with van der Waals surface area (Å²) >= 11 is 0. The molecule has 0 unspecified atom stereocenters. The van der Waals surface area contributed by atoms with Crippen LogP contribution in [-0.2, 0) is 10.5 Å². The number of para-hydroxylation sites is 1. The molecule has 105 valence electrons. The van der Waals surface area contributed by atoms with Gasteiger partial charge in [-0.1, -0.05) is 24.3 Å². The van der Waals surface area contributed by atoms with Crippen molar-refractivity contribution in [2.75, 3.05) is 0 Å². The minimum atomic E-state index is -1.56. The molecule has 19 heavy (non-hydrogen) atoms. The van der Waals surface area contributed by atoms with Crippen LogP contribution in [0.3, 0.4) is 0 Å². The van der Waals surface area contributed by atoms with Crippen molar-refractivity contribution < 1.29 is 9.22 Å². The van der Waals surface area contributed by atoms with Crippen LogP contribution in [0, 0.1) is 0 Å². The molecule has 0 saturated heterocycles. The first-order chi connectivity index (χ1) is 8.94. The van der Waals surface area contributed by atoms with Crippen molar-refractivity contribution in [1.82, 2.24) is 0 Å². The highest BCUT2D eigenvalue weighted by Crippen LogP contribution is 2.22. The molecule has 0 amide bonds. The summed E-state index contributed by atoms with van der Waals surface area (Å²) in [5.74, 6) is 0.412. The number of hydrogen-bond acceptors (Lipinski definition) is 2. The molecular weight excluding hydrogens is 268 g/mol. The van der Waals surface area contributed by atoms with Gasteiger partial charge in [-0.2, -0.15) is 0 Å². The fourth-order valence-corrected chi connectivity index (χ4v) is 8.14. The molecule has 0 heterocycles. The molecule has 0 aliphatic carbocycles. The van der Waals surface area contributed by atoms with E-state index in [2.05, 4.69) is 26.2 Å². The second kappa shape index (κ2) is 7.67. The summed E-state index contributed by atoms with van der Waals surface area (Å²) in [4.78, 5) is 0. The van der Waals surface area contributed by atoms with E-state index in [1.165, 1.54) is 0 Å². The average Bonchev–Trinajstić information content (AvgIpc) is 2.31. The van der Waals surface area contributed by atoms with E-state index >= 15 is 0 Å². The topological polar surface area (TPSA) is 29.5 Å². The highest BCUT2D eigenvalue weighted by atomic mass is 28.4. The molecule has 0 spiro atoms. The molecule has 0 aliphatic rings. The van der Waals surface area contributed by atoms with E-state index in [-0.39, 0.29) is 0 Å². The summed E-state index contributed by atoms with van der Waals surface area (Å²) < 4.78 is 6.25. The minimum absolute atomic E-state index is 0.412. The van der Waals surface area contributed by atoms with Crippen LogP contribution < -0.4 is 0 Å². The number of phenolic OH excluding ortho intramolecular Hbond substituents is 1. The second-order valence-electron chi connectivity index (χ2n) is 5.54. The van der Waals surface area contributed by atoms with E-state index in [1.807, 2.05) is 24.3 Å². The lowest BCUT2D eigenvalue weighted by molar-refractivity contribution is 0.467. The monoisotopic (exact) mass is 293 g/mol. The van der Waals surface area contributed by atoms with Gasteiger partial charge in [0.25, 0.3) is 0 Å². The Hall–Kier alpha value is -0.846. The van der Waals surface area contributed by atoms with Crippen LogP contribution in [0.15, 0.2) is 36.9 Å². The quantitative estimate of drug-likeness (QED) is 0.570. The van der Waals surface area contributed by atoms with E-state index in [9.17, 15) is 5.11 Å². The molecule has 0 aromatic heterocycles. The molecule has 1 radical (unpaired) electrons. The molecule has 0 atom stereocenters. The van der Waals surface area contributed by atoms with Gasteiger partial charge in [0.05, 0.1) is 0 Å². The standard InChI is InChI=1S/C15H25O2Si2/c1-5-12-18(2)17-19(3,4)13-8-10-14-9-6-7-11-15(14)16/h5-7,9,11,16H,1,8,10,12-13H2,2-4H3. The predicted molar refractivity (Wildman–Crippen MR) is 86.4 cm³/mol. The van der Waals surface area contributed by atoms with Crippen molar-refractivity contribution in [3.63, 3.8) is 0 Å². The van der Waals surface area contributed by atoms with Crippen LogP contribution in [0.25, 0.3) is 0 Å². The molecule has 0 aliphatic heterocycles. The van der Waals surface area contributed by atoms with Crippen LogP contribution in [0.4, 0.5) is 0 Å². The number of rotatable bonds is 8. The Balaban J connectivity index is 2.39. The van der Waals surface area contributed by atoms with Gasteiger partial charge in [0.15, 0.2) is 17.4 Å². The van der Waals surface area contributed by atoms with Crippen molar-refractivity contribution in [3.05, 3.63) is 42.5 Å². The summed E-state index contributed by atoms with van der Waals surface area (Å²) in [6, 6.07) is 9.75. The molecule has 4 heteroatoms. The van der Waals surface area contributed by atoms with Crippen LogP contribution in [-0.4, -0.2) is 22.5 Å².